The molecule has 7 heteroatoms. The van der Waals surface area contributed by atoms with Gasteiger partial charge in [0.25, 0.3) is 0 Å². The molecule has 1 aromatic carbocycles. The molecule has 0 spiro atoms. The Morgan fingerprint density at radius 3 is 2.67 bits per heavy atom. The average molecular weight is 312 g/mol. The van der Waals surface area contributed by atoms with Gasteiger partial charge in [0, 0.05) is 12.2 Å². The number of hydrogen-bond acceptors (Lipinski definition) is 4. The Labute approximate surface area is 124 Å². The van der Waals surface area contributed by atoms with E-state index >= 15 is 0 Å². The number of likely N-dealkylation sites (tertiary alicyclic amines) is 1. The van der Waals surface area contributed by atoms with Gasteiger partial charge in [-0.2, -0.15) is 0 Å². The number of anilines is 1. The van der Waals surface area contributed by atoms with Gasteiger partial charge in [-0.25, -0.2) is 8.42 Å². The molecule has 1 aliphatic rings. The van der Waals surface area contributed by atoms with Crippen molar-refractivity contribution in [1.29, 1.82) is 0 Å². The molecule has 0 aromatic heterocycles. The lowest BCUT2D eigenvalue weighted by molar-refractivity contribution is -0.136. The van der Waals surface area contributed by atoms with Gasteiger partial charge >= 0.3 is 5.97 Å². The summed E-state index contributed by atoms with van der Waals surface area (Å²) in [7, 11) is -3.62. The fourth-order valence-corrected chi connectivity index (χ4v) is 3.42. The number of hydrogen-bond donors (Lipinski definition) is 2. The van der Waals surface area contributed by atoms with Crippen LogP contribution < -0.4 is 4.72 Å². The summed E-state index contributed by atoms with van der Waals surface area (Å²) < 4.78 is 26.0. The Balaban J connectivity index is 1.98. The van der Waals surface area contributed by atoms with E-state index in [1.54, 1.807) is 18.2 Å². The molecule has 2 N–H and O–H groups in total. The van der Waals surface area contributed by atoms with Gasteiger partial charge in [0.1, 0.15) is 0 Å². The van der Waals surface area contributed by atoms with Crippen molar-refractivity contribution < 1.29 is 18.3 Å². The predicted octanol–water partition coefficient (Wildman–Crippen LogP) is 1.50. The molecule has 0 bridgehead atoms. The molecular weight excluding hydrogens is 292 g/mol. The number of carboxylic acids is 1. The maximum absolute atomic E-state index is 11.8. The summed E-state index contributed by atoms with van der Waals surface area (Å²) in [6, 6.07) is 7.25. The van der Waals surface area contributed by atoms with E-state index in [1.807, 2.05) is 6.07 Å². The lowest BCUT2D eigenvalue weighted by Gasteiger charge is -2.15. The van der Waals surface area contributed by atoms with Crippen LogP contribution in [0, 0.1) is 0 Å². The molecule has 0 radical (unpaired) electrons. The lowest BCUT2D eigenvalue weighted by atomic mass is 10.2. The number of nitrogens with one attached hydrogen (secondary N) is 1. The third-order valence-corrected chi connectivity index (χ3v) is 4.68. The maximum Gasteiger partial charge on any atom is 0.304 e. The Kier molecular flexibility index (Phi) is 5.19. The molecule has 1 saturated heterocycles. The van der Waals surface area contributed by atoms with Gasteiger partial charge in [0.15, 0.2) is 0 Å². The van der Waals surface area contributed by atoms with Crippen LogP contribution in [0.2, 0.25) is 0 Å². The molecule has 2 rings (SSSR count). The first kappa shape index (κ1) is 15.8. The number of aliphatic carboxylic acids is 1. The first-order chi connectivity index (χ1) is 9.94. The Morgan fingerprint density at radius 2 is 2.00 bits per heavy atom. The van der Waals surface area contributed by atoms with Gasteiger partial charge in [-0.1, -0.05) is 12.1 Å². The third kappa shape index (κ3) is 5.35. The Bertz CT molecular complexity index is 595. The average Bonchev–Trinajstić information content (AvgIpc) is 2.89. The quantitative estimate of drug-likeness (QED) is 0.797. The Morgan fingerprint density at radius 1 is 1.29 bits per heavy atom. The van der Waals surface area contributed by atoms with E-state index in [0.717, 1.165) is 25.2 Å². The predicted molar refractivity (Wildman–Crippen MR) is 80.6 cm³/mol. The zero-order valence-corrected chi connectivity index (χ0v) is 12.6. The second-order valence-electron chi connectivity index (χ2n) is 5.25. The van der Waals surface area contributed by atoms with E-state index in [1.165, 1.54) is 12.8 Å². The van der Waals surface area contributed by atoms with Gasteiger partial charge in [-0.05, 0) is 43.6 Å². The normalized spacial score (nSPS) is 16.0. The monoisotopic (exact) mass is 312 g/mol. The van der Waals surface area contributed by atoms with Crippen LogP contribution in [0.4, 0.5) is 5.69 Å². The van der Waals surface area contributed by atoms with Crippen LogP contribution in [-0.4, -0.2) is 43.2 Å². The van der Waals surface area contributed by atoms with Gasteiger partial charge < -0.3 is 5.11 Å². The Hall–Kier alpha value is -1.60. The van der Waals surface area contributed by atoms with Gasteiger partial charge in [0.2, 0.25) is 10.0 Å². The maximum atomic E-state index is 11.8. The summed E-state index contributed by atoms with van der Waals surface area (Å²) in [5.74, 6) is -1.54. The van der Waals surface area contributed by atoms with Gasteiger partial charge in [0.05, 0.1) is 12.2 Å². The van der Waals surface area contributed by atoms with E-state index in [-0.39, 0.29) is 0 Å². The number of rotatable bonds is 7. The van der Waals surface area contributed by atoms with Gasteiger partial charge in [-0.15, -0.1) is 0 Å². The largest absolute Gasteiger partial charge is 0.481 e. The first-order valence-electron chi connectivity index (χ1n) is 6.98. The van der Waals surface area contributed by atoms with Crippen LogP contribution in [-0.2, 0) is 21.4 Å². The summed E-state index contributed by atoms with van der Waals surface area (Å²) in [5.41, 5.74) is 1.53. The second kappa shape index (κ2) is 6.91. The van der Waals surface area contributed by atoms with E-state index in [4.69, 9.17) is 5.11 Å². The minimum absolute atomic E-state index is 0.400. The van der Waals surface area contributed by atoms with Gasteiger partial charge in [-0.3, -0.25) is 14.4 Å². The van der Waals surface area contributed by atoms with Crippen LogP contribution in [0.15, 0.2) is 24.3 Å². The number of sulfonamides is 1. The topological polar surface area (TPSA) is 86.7 Å². The summed E-state index contributed by atoms with van der Waals surface area (Å²) in [4.78, 5) is 12.8. The van der Waals surface area contributed by atoms with Crippen molar-refractivity contribution >= 4 is 21.7 Å². The van der Waals surface area contributed by atoms with Crippen molar-refractivity contribution in [1.82, 2.24) is 4.90 Å². The second-order valence-corrected chi connectivity index (χ2v) is 7.09. The summed E-state index contributed by atoms with van der Waals surface area (Å²) >= 11 is 0. The van der Waals surface area contributed by atoms with Crippen LogP contribution >= 0.6 is 0 Å². The number of nitrogens with zero attached hydrogens (tertiary/aromatic N) is 1. The summed E-state index contributed by atoms with van der Waals surface area (Å²) in [5, 5.41) is 8.55. The highest BCUT2D eigenvalue weighted by Crippen LogP contribution is 2.17. The van der Waals surface area contributed by atoms with E-state index < -0.39 is 28.2 Å². The van der Waals surface area contributed by atoms with Crippen LogP contribution in [0.25, 0.3) is 0 Å². The molecule has 0 unspecified atom stereocenters. The molecule has 1 aliphatic heterocycles. The van der Waals surface area contributed by atoms with Crippen molar-refractivity contribution in [3.63, 3.8) is 0 Å². The highest BCUT2D eigenvalue weighted by atomic mass is 32.2. The molecule has 21 heavy (non-hydrogen) atoms. The molecule has 1 aromatic rings. The minimum Gasteiger partial charge on any atom is -0.481 e. The van der Waals surface area contributed by atoms with Crippen LogP contribution in [0.5, 0.6) is 0 Å². The van der Waals surface area contributed by atoms with Crippen LogP contribution in [0.3, 0.4) is 0 Å². The first-order valence-corrected chi connectivity index (χ1v) is 8.63. The molecule has 6 nitrogen and oxygen atoms in total. The fourth-order valence-electron chi connectivity index (χ4n) is 2.38. The third-order valence-electron chi connectivity index (χ3n) is 3.39. The summed E-state index contributed by atoms with van der Waals surface area (Å²) in [6.45, 7) is 2.97. The zero-order chi connectivity index (χ0) is 15.3. The number of carboxylic acid groups (broad SMARTS) is 1. The smallest absolute Gasteiger partial charge is 0.304 e. The van der Waals surface area contributed by atoms with E-state index in [9.17, 15) is 13.2 Å². The highest BCUT2D eigenvalue weighted by Gasteiger charge is 2.14. The molecule has 1 fully saturated rings. The molecule has 0 atom stereocenters. The molecule has 0 saturated carbocycles. The fraction of sp³-hybridized carbons (Fsp3) is 0.500. The number of carbonyl (C=O) groups is 1. The van der Waals surface area contributed by atoms with Crippen molar-refractivity contribution in [3.8, 4) is 0 Å². The highest BCUT2D eigenvalue weighted by molar-refractivity contribution is 7.92. The van der Waals surface area contributed by atoms with Crippen molar-refractivity contribution in [2.24, 2.45) is 0 Å². The van der Waals surface area contributed by atoms with E-state index in [2.05, 4.69) is 9.62 Å². The van der Waals surface area contributed by atoms with Crippen LogP contribution in [0.1, 0.15) is 24.8 Å². The van der Waals surface area contributed by atoms with E-state index in [0.29, 0.717) is 5.69 Å². The standard InChI is InChI=1S/C14H20N2O4S/c17-14(18)6-9-21(19,20)15-13-5-3-4-12(10-13)11-16-7-1-2-8-16/h3-5,10,15H,1-2,6-9,11H2,(H,17,18). The number of benzene rings is 1. The van der Waals surface area contributed by atoms with Crippen molar-refractivity contribution in [3.05, 3.63) is 29.8 Å². The van der Waals surface area contributed by atoms with Crippen molar-refractivity contribution in [2.45, 2.75) is 25.8 Å². The molecular formula is C14H20N2O4S. The van der Waals surface area contributed by atoms with Crippen molar-refractivity contribution in [2.75, 3.05) is 23.6 Å². The minimum atomic E-state index is -3.62. The summed E-state index contributed by atoms with van der Waals surface area (Å²) in [6.07, 6.45) is 2.02. The zero-order valence-electron chi connectivity index (χ0n) is 11.8. The molecule has 0 aliphatic carbocycles. The lowest BCUT2D eigenvalue weighted by Crippen LogP contribution is -2.20. The molecule has 1 heterocycles. The molecule has 116 valence electrons. The SMILES string of the molecule is O=C(O)CCS(=O)(=O)Nc1cccc(CN2CCCC2)c1. The molecule has 0 amide bonds.